The van der Waals surface area contributed by atoms with Crippen molar-refractivity contribution >= 4 is 5.96 Å². The summed E-state index contributed by atoms with van der Waals surface area (Å²) in [4.78, 5) is 4.36. The summed E-state index contributed by atoms with van der Waals surface area (Å²) >= 11 is 0. The smallest absolute Gasteiger partial charge is 0.191 e. The first-order chi connectivity index (χ1) is 12.5. The van der Waals surface area contributed by atoms with Gasteiger partial charge in [0.05, 0.1) is 12.6 Å². The van der Waals surface area contributed by atoms with Crippen molar-refractivity contribution in [3.8, 4) is 5.75 Å². The van der Waals surface area contributed by atoms with Gasteiger partial charge in [0, 0.05) is 37.1 Å². The third kappa shape index (κ3) is 3.80. The Hall–Kier alpha value is -1.82. The second kappa shape index (κ2) is 7.82. The fraction of sp³-hybridized carbons (Fsp3) is 0.650. The molecule has 0 amide bonds. The highest BCUT2D eigenvalue weighted by atomic mass is 19.1. The molecule has 1 aromatic carbocycles. The van der Waals surface area contributed by atoms with Crippen LogP contribution in [-0.4, -0.2) is 44.4 Å². The third-order valence-electron chi connectivity index (χ3n) is 5.67. The van der Waals surface area contributed by atoms with E-state index < -0.39 is 0 Å². The molecule has 26 heavy (non-hydrogen) atoms. The van der Waals surface area contributed by atoms with E-state index in [-0.39, 0.29) is 17.3 Å². The summed E-state index contributed by atoms with van der Waals surface area (Å²) in [6.45, 7) is 7.99. The summed E-state index contributed by atoms with van der Waals surface area (Å²) in [5.41, 5.74) is 0.0982. The Kier molecular flexibility index (Phi) is 5.70. The number of fused-ring (bicyclic) bond motifs is 1. The molecule has 0 aromatic heterocycles. The number of guanidine groups is 1. The molecule has 2 N–H and O–H groups in total. The van der Waals surface area contributed by atoms with E-state index in [9.17, 15) is 4.39 Å². The highest BCUT2D eigenvalue weighted by molar-refractivity contribution is 5.80. The van der Waals surface area contributed by atoms with E-state index in [1.165, 1.54) is 12.1 Å². The fourth-order valence-corrected chi connectivity index (χ4v) is 4.17. The lowest BCUT2D eigenvalue weighted by atomic mass is 9.57. The molecule has 1 saturated carbocycles. The maximum atomic E-state index is 13.3. The standard InChI is InChI=1S/C20H30FN3O2/c1-5-14(26-15-8-6-7-13(21)11-15)12-23-19(22-4)24-17-16-9-10-25-18(16)20(17,2)3/h6-8,11,14,16-18H,5,9-10,12H2,1-4H3,(H2,22,23,24). The minimum atomic E-state index is -0.289. The first-order valence-corrected chi connectivity index (χ1v) is 9.46. The molecule has 4 atom stereocenters. The Morgan fingerprint density at radius 3 is 2.96 bits per heavy atom. The van der Waals surface area contributed by atoms with Gasteiger partial charge in [0.25, 0.3) is 0 Å². The molecule has 2 aliphatic rings. The molecule has 0 radical (unpaired) electrons. The van der Waals surface area contributed by atoms with Gasteiger partial charge in [-0.3, -0.25) is 4.99 Å². The SMILES string of the molecule is CCC(CNC(=NC)NC1C2CCOC2C1(C)C)Oc1cccc(F)c1. The van der Waals surface area contributed by atoms with Crippen molar-refractivity contribution in [2.24, 2.45) is 16.3 Å². The molecule has 0 spiro atoms. The molecule has 6 heteroatoms. The van der Waals surface area contributed by atoms with Crippen molar-refractivity contribution in [2.45, 2.75) is 51.9 Å². The molecule has 1 aromatic rings. The van der Waals surface area contributed by atoms with Gasteiger partial charge in [-0.25, -0.2) is 4.39 Å². The molecular weight excluding hydrogens is 333 g/mol. The first-order valence-electron chi connectivity index (χ1n) is 9.46. The monoisotopic (exact) mass is 363 g/mol. The van der Waals surface area contributed by atoms with Crippen molar-refractivity contribution in [1.82, 2.24) is 10.6 Å². The largest absolute Gasteiger partial charge is 0.489 e. The normalized spacial score (nSPS) is 28.0. The Morgan fingerprint density at radius 1 is 1.46 bits per heavy atom. The maximum Gasteiger partial charge on any atom is 0.191 e. The number of rotatable bonds is 6. The number of nitrogens with zero attached hydrogens (tertiary/aromatic N) is 1. The molecule has 5 nitrogen and oxygen atoms in total. The maximum absolute atomic E-state index is 13.3. The van der Waals surface area contributed by atoms with Gasteiger partial charge in [0.15, 0.2) is 5.96 Å². The van der Waals surface area contributed by atoms with Gasteiger partial charge in [-0.2, -0.15) is 0 Å². The van der Waals surface area contributed by atoms with Crippen molar-refractivity contribution in [3.63, 3.8) is 0 Å². The van der Waals surface area contributed by atoms with Crippen molar-refractivity contribution in [2.75, 3.05) is 20.2 Å². The van der Waals surface area contributed by atoms with Crippen molar-refractivity contribution in [1.29, 1.82) is 0 Å². The molecule has 144 valence electrons. The number of aliphatic imine (C=N–C) groups is 1. The third-order valence-corrected chi connectivity index (χ3v) is 5.67. The number of nitrogens with one attached hydrogen (secondary N) is 2. The number of hydrogen-bond acceptors (Lipinski definition) is 3. The molecule has 3 rings (SSSR count). The van der Waals surface area contributed by atoms with E-state index in [4.69, 9.17) is 9.47 Å². The van der Waals surface area contributed by atoms with Gasteiger partial charge in [-0.05, 0) is 25.0 Å². The minimum absolute atomic E-state index is 0.0627. The van der Waals surface area contributed by atoms with Crippen LogP contribution in [0.25, 0.3) is 0 Å². The van der Waals surface area contributed by atoms with E-state index in [1.807, 2.05) is 0 Å². The van der Waals surface area contributed by atoms with Gasteiger partial charge in [-0.15, -0.1) is 0 Å². The summed E-state index contributed by atoms with van der Waals surface area (Å²) in [7, 11) is 1.78. The average Bonchev–Trinajstić information content (AvgIpc) is 3.07. The second-order valence-electron chi connectivity index (χ2n) is 7.75. The van der Waals surface area contributed by atoms with E-state index in [0.717, 1.165) is 25.4 Å². The van der Waals surface area contributed by atoms with Crippen LogP contribution in [0.5, 0.6) is 5.75 Å². The molecule has 1 saturated heterocycles. The van der Waals surface area contributed by atoms with E-state index in [0.29, 0.717) is 30.4 Å². The van der Waals surface area contributed by atoms with Crippen LogP contribution in [-0.2, 0) is 4.74 Å². The van der Waals surface area contributed by atoms with E-state index >= 15 is 0 Å². The van der Waals surface area contributed by atoms with Gasteiger partial charge >= 0.3 is 0 Å². The average molecular weight is 363 g/mol. The molecule has 4 unspecified atom stereocenters. The van der Waals surface area contributed by atoms with Crippen LogP contribution in [0.1, 0.15) is 33.6 Å². The number of hydrogen-bond donors (Lipinski definition) is 2. The highest BCUT2D eigenvalue weighted by Gasteiger charge is 2.59. The zero-order valence-electron chi connectivity index (χ0n) is 16.1. The van der Waals surface area contributed by atoms with Crippen LogP contribution >= 0.6 is 0 Å². The molecule has 0 bridgehead atoms. The Morgan fingerprint density at radius 2 is 2.27 bits per heavy atom. The summed E-state index contributed by atoms with van der Waals surface area (Å²) in [6, 6.07) is 6.61. The minimum Gasteiger partial charge on any atom is -0.489 e. The molecular formula is C20H30FN3O2. The summed E-state index contributed by atoms with van der Waals surface area (Å²) < 4.78 is 25.1. The number of benzene rings is 1. The van der Waals surface area contributed by atoms with Gasteiger partial charge in [-0.1, -0.05) is 26.8 Å². The van der Waals surface area contributed by atoms with Crippen LogP contribution in [0.15, 0.2) is 29.3 Å². The quantitative estimate of drug-likeness (QED) is 0.603. The Balaban J connectivity index is 1.53. The van der Waals surface area contributed by atoms with Crippen LogP contribution < -0.4 is 15.4 Å². The first kappa shape index (κ1) is 19.0. The molecule has 1 aliphatic heterocycles. The van der Waals surface area contributed by atoms with Crippen molar-refractivity contribution < 1.29 is 13.9 Å². The van der Waals surface area contributed by atoms with Crippen LogP contribution in [0, 0.1) is 17.2 Å². The zero-order chi connectivity index (χ0) is 18.7. The van der Waals surface area contributed by atoms with Crippen molar-refractivity contribution in [3.05, 3.63) is 30.1 Å². The number of halogens is 1. The lowest BCUT2D eigenvalue weighted by Gasteiger charge is -2.54. The van der Waals surface area contributed by atoms with Crippen LogP contribution in [0.4, 0.5) is 4.39 Å². The molecule has 1 heterocycles. The molecule has 2 fully saturated rings. The Labute approximate surface area is 155 Å². The van der Waals surface area contributed by atoms with Gasteiger partial charge in [0.2, 0.25) is 0 Å². The van der Waals surface area contributed by atoms with Crippen LogP contribution in [0.2, 0.25) is 0 Å². The molecule has 1 aliphatic carbocycles. The predicted octanol–water partition coefficient (Wildman–Crippen LogP) is 2.96. The van der Waals surface area contributed by atoms with E-state index in [2.05, 4.69) is 36.4 Å². The van der Waals surface area contributed by atoms with Crippen LogP contribution in [0.3, 0.4) is 0 Å². The second-order valence-corrected chi connectivity index (χ2v) is 7.75. The zero-order valence-corrected chi connectivity index (χ0v) is 16.1. The fourth-order valence-electron chi connectivity index (χ4n) is 4.17. The summed E-state index contributed by atoms with van der Waals surface area (Å²) in [5.74, 6) is 1.58. The lowest BCUT2D eigenvalue weighted by molar-refractivity contribution is -0.106. The van der Waals surface area contributed by atoms with E-state index in [1.54, 1.807) is 19.2 Å². The van der Waals surface area contributed by atoms with Gasteiger partial charge < -0.3 is 20.1 Å². The summed E-state index contributed by atoms with van der Waals surface area (Å²) in [6.07, 6.45) is 2.20. The topological polar surface area (TPSA) is 54.9 Å². The Bertz CT molecular complexity index is 650. The summed E-state index contributed by atoms with van der Waals surface area (Å²) in [5, 5.41) is 6.91. The predicted molar refractivity (Wildman–Crippen MR) is 101 cm³/mol. The highest BCUT2D eigenvalue weighted by Crippen LogP contribution is 2.52. The number of ether oxygens (including phenoxy) is 2. The van der Waals surface area contributed by atoms with Gasteiger partial charge in [0.1, 0.15) is 17.7 Å². The lowest BCUT2D eigenvalue weighted by Crippen LogP contribution is -2.68.